The van der Waals surface area contributed by atoms with Gasteiger partial charge in [-0.15, -0.1) is 0 Å². The number of fused-ring (bicyclic) bond motifs is 1. The average Bonchev–Trinajstić information content (AvgIpc) is 2.95. The number of H-pyrrole nitrogens is 1. The predicted octanol–water partition coefficient (Wildman–Crippen LogP) is 3.10. The smallest absolute Gasteiger partial charge is 0.337 e. The van der Waals surface area contributed by atoms with E-state index in [9.17, 15) is 4.79 Å². The number of benzene rings is 2. The average molecular weight is 297 g/mol. The molecule has 3 aromatic rings. The molecule has 0 fully saturated rings. The molecule has 0 saturated carbocycles. The van der Waals surface area contributed by atoms with Crippen LogP contribution >= 0.6 is 0 Å². The normalized spacial score (nSPS) is 10.5. The maximum atomic E-state index is 11.5. The van der Waals surface area contributed by atoms with Crippen molar-refractivity contribution >= 4 is 28.6 Å². The fourth-order valence-electron chi connectivity index (χ4n) is 2.15. The molecule has 2 N–H and O–H groups in total. The first-order valence-electron chi connectivity index (χ1n) is 6.69. The molecular formula is C16H15N3O3. The number of hydrogen-bond acceptors (Lipinski definition) is 5. The van der Waals surface area contributed by atoms with Crippen molar-refractivity contribution in [3.05, 3.63) is 48.0 Å². The number of nitrogens with zero attached hydrogens (tertiary/aromatic N) is 1. The van der Waals surface area contributed by atoms with E-state index < -0.39 is 0 Å². The molecule has 0 atom stereocenters. The summed E-state index contributed by atoms with van der Waals surface area (Å²) in [5, 5.41) is 3.13. The zero-order valence-electron chi connectivity index (χ0n) is 12.2. The van der Waals surface area contributed by atoms with E-state index in [4.69, 9.17) is 9.47 Å². The van der Waals surface area contributed by atoms with Gasteiger partial charge in [0.25, 0.3) is 0 Å². The number of nitrogens with one attached hydrogen (secondary N) is 2. The van der Waals surface area contributed by atoms with Gasteiger partial charge in [0.15, 0.2) is 0 Å². The number of rotatable bonds is 4. The molecule has 0 radical (unpaired) electrons. The van der Waals surface area contributed by atoms with Crippen LogP contribution in [-0.4, -0.2) is 30.2 Å². The van der Waals surface area contributed by atoms with Crippen molar-refractivity contribution in [1.29, 1.82) is 0 Å². The fourth-order valence-corrected chi connectivity index (χ4v) is 2.15. The van der Waals surface area contributed by atoms with Gasteiger partial charge in [-0.1, -0.05) is 6.07 Å². The zero-order chi connectivity index (χ0) is 15.5. The van der Waals surface area contributed by atoms with Crippen molar-refractivity contribution < 1.29 is 14.3 Å². The first-order chi connectivity index (χ1) is 10.7. The van der Waals surface area contributed by atoms with Gasteiger partial charge in [0.2, 0.25) is 5.95 Å². The van der Waals surface area contributed by atoms with Crippen molar-refractivity contribution in [2.45, 2.75) is 0 Å². The standard InChI is InChI=1S/C16H15N3O3/c1-21-12-6-7-13-14(9-12)19-16(18-13)17-11-5-3-4-10(8-11)15(20)22-2/h3-9H,1-2H3,(H2,17,18,19). The molecule has 1 aromatic heterocycles. The summed E-state index contributed by atoms with van der Waals surface area (Å²) in [7, 11) is 2.98. The quantitative estimate of drug-likeness (QED) is 0.724. The van der Waals surface area contributed by atoms with Gasteiger partial charge in [-0.2, -0.15) is 0 Å². The van der Waals surface area contributed by atoms with Crippen LogP contribution in [0.3, 0.4) is 0 Å². The lowest BCUT2D eigenvalue weighted by Gasteiger charge is -2.04. The Hall–Kier alpha value is -3.02. The highest BCUT2D eigenvalue weighted by Crippen LogP contribution is 2.22. The Morgan fingerprint density at radius 3 is 2.82 bits per heavy atom. The SMILES string of the molecule is COC(=O)c1cccc(Nc2nc3ccc(OC)cc3[nH]2)c1. The molecule has 6 heteroatoms. The monoisotopic (exact) mass is 297 g/mol. The van der Waals surface area contributed by atoms with E-state index in [1.165, 1.54) is 7.11 Å². The molecule has 0 amide bonds. The summed E-state index contributed by atoms with van der Waals surface area (Å²) in [5.74, 6) is 0.971. The number of methoxy groups -OCH3 is 2. The molecule has 3 rings (SSSR count). The molecule has 22 heavy (non-hydrogen) atoms. The number of imidazole rings is 1. The van der Waals surface area contributed by atoms with Crippen LogP contribution in [0.25, 0.3) is 11.0 Å². The highest BCUT2D eigenvalue weighted by Gasteiger charge is 2.08. The summed E-state index contributed by atoms with van der Waals surface area (Å²) in [6.07, 6.45) is 0. The van der Waals surface area contributed by atoms with Gasteiger partial charge < -0.3 is 19.8 Å². The third kappa shape index (κ3) is 2.71. The molecular weight excluding hydrogens is 282 g/mol. The summed E-state index contributed by atoms with van der Waals surface area (Å²) in [6, 6.07) is 12.6. The van der Waals surface area contributed by atoms with E-state index in [0.29, 0.717) is 11.5 Å². The maximum absolute atomic E-state index is 11.5. The van der Waals surface area contributed by atoms with Crippen LogP contribution < -0.4 is 10.1 Å². The van der Waals surface area contributed by atoms with Gasteiger partial charge in [0, 0.05) is 11.8 Å². The van der Waals surface area contributed by atoms with Crippen molar-refractivity contribution in [2.75, 3.05) is 19.5 Å². The molecule has 2 aromatic carbocycles. The highest BCUT2D eigenvalue weighted by atomic mass is 16.5. The number of hydrogen-bond donors (Lipinski definition) is 2. The second-order valence-corrected chi connectivity index (χ2v) is 4.67. The molecule has 0 saturated heterocycles. The van der Waals surface area contributed by atoms with Crippen LogP contribution in [0.5, 0.6) is 5.75 Å². The molecule has 6 nitrogen and oxygen atoms in total. The van der Waals surface area contributed by atoms with E-state index in [-0.39, 0.29) is 5.97 Å². The largest absolute Gasteiger partial charge is 0.497 e. The molecule has 0 unspecified atom stereocenters. The Balaban J connectivity index is 1.88. The number of esters is 1. The lowest BCUT2D eigenvalue weighted by molar-refractivity contribution is 0.0601. The Morgan fingerprint density at radius 1 is 1.18 bits per heavy atom. The van der Waals surface area contributed by atoms with Crippen LogP contribution in [0.4, 0.5) is 11.6 Å². The summed E-state index contributed by atoms with van der Waals surface area (Å²) >= 11 is 0. The van der Waals surface area contributed by atoms with E-state index >= 15 is 0 Å². The lowest BCUT2D eigenvalue weighted by Crippen LogP contribution is -2.02. The Labute approximate surface area is 127 Å². The molecule has 0 spiro atoms. The minimum absolute atomic E-state index is 0.377. The summed E-state index contributed by atoms with van der Waals surface area (Å²) in [6.45, 7) is 0. The van der Waals surface area contributed by atoms with E-state index in [0.717, 1.165) is 22.5 Å². The summed E-state index contributed by atoms with van der Waals surface area (Å²) in [4.78, 5) is 19.1. The van der Waals surface area contributed by atoms with Gasteiger partial charge >= 0.3 is 5.97 Å². The zero-order valence-corrected chi connectivity index (χ0v) is 12.2. The minimum atomic E-state index is -0.377. The van der Waals surface area contributed by atoms with Crippen molar-refractivity contribution in [1.82, 2.24) is 9.97 Å². The third-order valence-electron chi connectivity index (χ3n) is 3.24. The topological polar surface area (TPSA) is 76.2 Å². The molecule has 1 heterocycles. The number of anilines is 2. The van der Waals surface area contributed by atoms with Gasteiger partial charge in [-0.25, -0.2) is 9.78 Å². The van der Waals surface area contributed by atoms with Crippen LogP contribution in [0.15, 0.2) is 42.5 Å². The van der Waals surface area contributed by atoms with Crippen molar-refractivity contribution in [2.24, 2.45) is 0 Å². The highest BCUT2D eigenvalue weighted by molar-refractivity contribution is 5.90. The van der Waals surface area contributed by atoms with Gasteiger partial charge in [-0.3, -0.25) is 0 Å². The summed E-state index contributed by atoms with van der Waals surface area (Å²) in [5.41, 5.74) is 2.91. The maximum Gasteiger partial charge on any atom is 0.337 e. The van der Waals surface area contributed by atoms with Gasteiger partial charge in [-0.05, 0) is 30.3 Å². The Bertz CT molecular complexity index is 826. The number of carbonyl (C=O) groups excluding carboxylic acids is 1. The third-order valence-corrected chi connectivity index (χ3v) is 3.24. The number of aromatic nitrogens is 2. The first kappa shape index (κ1) is 13.9. The molecule has 0 bridgehead atoms. The number of aromatic amines is 1. The first-order valence-corrected chi connectivity index (χ1v) is 6.69. The summed E-state index contributed by atoms with van der Waals surface area (Å²) < 4.78 is 9.90. The predicted molar refractivity (Wildman–Crippen MR) is 83.7 cm³/mol. The molecule has 0 aliphatic heterocycles. The van der Waals surface area contributed by atoms with E-state index in [1.54, 1.807) is 25.3 Å². The second-order valence-electron chi connectivity index (χ2n) is 4.67. The van der Waals surface area contributed by atoms with Crippen LogP contribution in [0.2, 0.25) is 0 Å². The molecule has 0 aliphatic rings. The lowest BCUT2D eigenvalue weighted by atomic mass is 10.2. The molecule has 0 aliphatic carbocycles. The van der Waals surface area contributed by atoms with E-state index in [1.807, 2.05) is 24.3 Å². The van der Waals surface area contributed by atoms with Crippen LogP contribution in [-0.2, 0) is 4.74 Å². The molecule has 112 valence electrons. The number of ether oxygens (including phenoxy) is 2. The van der Waals surface area contributed by atoms with Gasteiger partial charge in [0.1, 0.15) is 5.75 Å². The van der Waals surface area contributed by atoms with E-state index in [2.05, 4.69) is 15.3 Å². The van der Waals surface area contributed by atoms with Gasteiger partial charge in [0.05, 0.1) is 30.8 Å². The number of carbonyl (C=O) groups is 1. The van der Waals surface area contributed by atoms with Crippen LogP contribution in [0.1, 0.15) is 10.4 Å². The second kappa shape index (κ2) is 5.77. The van der Waals surface area contributed by atoms with Crippen molar-refractivity contribution in [3.63, 3.8) is 0 Å². The Morgan fingerprint density at radius 2 is 2.05 bits per heavy atom. The minimum Gasteiger partial charge on any atom is -0.497 e. The fraction of sp³-hybridized carbons (Fsp3) is 0.125. The van der Waals surface area contributed by atoms with Crippen molar-refractivity contribution in [3.8, 4) is 5.75 Å². The Kier molecular flexibility index (Phi) is 3.65. The van der Waals surface area contributed by atoms with Crippen LogP contribution in [0, 0.1) is 0 Å².